The van der Waals surface area contributed by atoms with Crippen LogP contribution in [0.3, 0.4) is 0 Å². The molecule has 0 fully saturated rings. The Morgan fingerprint density at radius 1 is 1.38 bits per heavy atom. The zero-order valence-corrected chi connectivity index (χ0v) is 13.4. The molecule has 0 bridgehead atoms. The predicted octanol–water partition coefficient (Wildman–Crippen LogP) is 2.44. The van der Waals surface area contributed by atoms with E-state index in [0.29, 0.717) is 19.8 Å². The normalized spacial score (nSPS) is 11.8. The molecule has 1 N–H and O–H groups in total. The van der Waals surface area contributed by atoms with Gasteiger partial charge in [0.15, 0.2) is 0 Å². The number of methoxy groups -OCH3 is 1. The Hall–Kier alpha value is -1.75. The monoisotopic (exact) mass is 294 g/mol. The van der Waals surface area contributed by atoms with Crippen LogP contribution in [0.4, 0.5) is 4.79 Å². The molecule has 0 aliphatic rings. The molecule has 1 unspecified atom stereocenters. The molecule has 1 rings (SSSR count). The number of carbonyl (C=O) groups excluding carboxylic acids is 1. The Balaban J connectivity index is 2.22. The van der Waals surface area contributed by atoms with Crippen molar-refractivity contribution in [2.45, 2.75) is 26.3 Å². The smallest absolute Gasteiger partial charge is 0.317 e. The zero-order valence-electron chi connectivity index (χ0n) is 13.4. The fourth-order valence-corrected chi connectivity index (χ4v) is 1.92. The number of urea groups is 1. The maximum Gasteiger partial charge on any atom is 0.317 e. The number of hydrogen-bond acceptors (Lipinski definition) is 3. The van der Waals surface area contributed by atoms with E-state index in [-0.39, 0.29) is 12.1 Å². The number of aryl methyl sites for hydroxylation is 1. The van der Waals surface area contributed by atoms with Gasteiger partial charge >= 0.3 is 6.03 Å². The summed E-state index contributed by atoms with van der Waals surface area (Å²) in [4.78, 5) is 13.5. The van der Waals surface area contributed by atoms with Crippen LogP contribution in [0.1, 0.15) is 18.9 Å². The second kappa shape index (κ2) is 9.23. The Morgan fingerprint density at radius 3 is 2.76 bits per heavy atom. The van der Waals surface area contributed by atoms with Gasteiger partial charge in [-0.15, -0.1) is 0 Å². The van der Waals surface area contributed by atoms with E-state index in [1.165, 1.54) is 0 Å². The minimum Gasteiger partial charge on any atom is -0.493 e. The molecule has 0 aliphatic heterocycles. The molecule has 2 amide bonds. The van der Waals surface area contributed by atoms with Crippen molar-refractivity contribution in [1.29, 1.82) is 0 Å². The molecule has 1 aromatic carbocycles. The number of hydrogen-bond donors (Lipinski definition) is 1. The van der Waals surface area contributed by atoms with Gasteiger partial charge in [0.1, 0.15) is 5.75 Å². The zero-order chi connectivity index (χ0) is 15.7. The van der Waals surface area contributed by atoms with E-state index >= 15 is 0 Å². The second-order valence-electron chi connectivity index (χ2n) is 5.19. The summed E-state index contributed by atoms with van der Waals surface area (Å²) in [6, 6.07) is 7.84. The lowest BCUT2D eigenvalue weighted by Gasteiger charge is -2.21. The highest BCUT2D eigenvalue weighted by Crippen LogP contribution is 2.16. The molecule has 1 aromatic rings. The Morgan fingerprint density at radius 2 is 2.10 bits per heavy atom. The minimum atomic E-state index is -0.0876. The second-order valence-corrected chi connectivity index (χ2v) is 5.19. The number of benzene rings is 1. The minimum absolute atomic E-state index is 0.00756. The Labute approximate surface area is 127 Å². The van der Waals surface area contributed by atoms with Crippen molar-refractivity contribution in [2.24, 2.45) is 0 Å². The van der Waals surface area contributed by atoms with Gasteiger partial charge in [0.2, 0.25) is 0 Å². The first-order valence-corrected chi connectivity index (χ1v) is 7.23. The molecule has 118 valence electrons. The lowest BCUT2D eigenvalue weighted by molar-refractivity contribution is 0.161. The molecule has 0 saturated carbocycles. The number of amides is 2. The van der Waals surface area contributed by atoms with E-state index < -0.39 is 0 Å². The summed E-state index contributed by atoms with van der Waals surface area (Å²) in [5, 5.41) is 2.87. The molecule has 0 aromatic heterocycles. The van der Waals surface area contributed by atoms with Crippen molar-refractivity contribution in [2.75, 3.05) is 33.9 Å². The van der Waals surface area contributed by atoms with E-state index in [1.807, 2.05) is 38.1 Å². The van der Waals surface area contributed by atoms with Gasteiger partial charge in [-0.25, -0.2) is 4.79 Å². The summed E-state index contributed by atoms with van der Waals surface area (Å²) in [6.07, 6.45) is 0.789. The first-order chi connectivity index (χ1) is 10.0. The van der Waals surface area contributed by atoms with Gasteiger partial charge in [0.05, 0.1) is 19.3 Å². The predicted molar refractivity (Wildman–Crippen MR) is 83.8 cm³/mol. The van der Waals surface area contributed by atoms with Crippen LogP contribution in [0.15, 0.2) is 24.3 Å². The Bertz CT molecular complexity index is 437. The van der Waals surface area contributed by atoms with Crippen molar-refractivity contribution in [3.8, 4) is 5.75 Å². The van der Waals surface area contributed by atoms with Gasteiger partial charge in [-0.3, -0.25) is 0 Å². The van der Waals surface area contributed by atoms with Crippen LogP contribution in [-0.4, -0.2) is 50.9 Å². The fourth-order valence-electron chi connectivity index (χ4n) is 1.92. The number of nitrogens with zero attached hydrogens (tertiary/aromatic N) is 1. The molecule has 0 radical (unpaired) electrons. The lowest BCUT2D eigenvalue weighted by Crippen LogP contribution is -2.44. The number of para-hydroxylation sites is 1. The van der Waals surface area contributed by atoms with E-state index in [4.69, 9.17) is 9.47 Å². The number of carbonyl (C=O) groups is 1. The van der Waals surface area contributed by atoms with Crippen LogP contribution in [0.2, 0.25) is 0 Å². The highest BCUT2D eigenvalue weighted by atomic mass is 16.5. The summed E-state index contributed by atoms with van der Waals surface area (Å²) in [7, 11) is 3.40. The largest absolute Gasteiger partial charge is 0.493 e. The molecule has 0 saturated heterocycles. The van der Waals surface area contributed by atoms with Crippen LogP contribution in [0.5, 0.6) is 5.75 Å². The number of nitrogens with one attached hydrogen (secondary N) is 1. The topological polar surface area (TPSA) is 50.8 Å². The van der Waals surface area contributed by atoms with Crippen molar-refractivity contribution in [1.82, 2.24) is 10.2 Å². The molecule has 0 spiro atoms. The summed E-state index contributed by atoms with van der Waals surface area (Å²) in [5.74, 6) is 0.901. The van der Waals surface area contributed by atoms with Crippen LogP contribution in [-0.2, 0) is 4.74 Å². The highest BCUT2D eigenvalue weighted by Gasteiger charge is 2.11. The van der Waals surface area contributed by atoms with Crippen molar-refractivity contribution in [3.05, 3.63) is 29.8 Å². The summed E-state index contributed by atoms with van der Waals surface area (Å²) >= 11 is 0. The van der Waals surface area contributed by atoms with Gasteiger partial charge in [0.25, 0.3) is 0 Å². The van der Waals surface area contributed by atoms with Crippen LogP contribution in [0, 0.1) is 6.92 Å². The average molecular weight is 294 g/mol. The number of rotatable bonds is 8. The molecule has 1 atom stereocenters. The summed E-state index contributed by atoms with van der Waals surface area (Å²) < 4.78 is 10.7. The molecule has 0 aliphatic carbocycles. The molecular weight excluding hydrogens is 268 g/mol. The van der Waals surface area contributed by atoms with E-state index in [2.05, 4.69) is 5.32 Å². The van der Waals surface area contributed by atoms with Gasteiger partial charge in [-0.05, 0) is 31.9 Å². The van der Waals surface area contributed by atoms with Gasteiger partial charge in [-0.1, -0.05) is 18.2 Å². The summed E-state index contributed by atoms with van der Waals surface area (Å²) in [5.41, 5.74) is 1.12. The molecular formula is C16H26N2O3. The quantitative estimate of drug-likeness (QED) is 0.749. The van der Waals surface area contributed by atoms with E-state index in [9.17, 15) is 4.79 Å². The number of ether oxygens (including phenoxy) is 2. The fraction of sp³-hybridized carbons (Fsp3) is 0.562. The summed E-state index contributed by atoms with van der Waals surface area (Å²) in [6.45, 7) is 5.69. The molecule has 5 nitrogen and oxygen atoms in total. The van der Waals surface area contributed by atoms with Crippen LogP contribution >= 0.6 is 0 Å². The third-order valence-corrected chi connectivity index (χ3v) is 3.12. The van der Waals surface area contributed by atoms with Gasteiger partial charge < -0.3 is 19.7 Å². The van der Waals surface area contributed by atoms with Crippen LogP contribution in [0.25, 0.3) is 0 Å². The molecule has 21 heavy (non-hydrogen) atoms. The standard InChI is InChI=1S/C16H26N2O3/c1-13-8-5-6-9-15(13)21-11-7-10-18(3)16(19)17-14(2)12-20-4/h5-6,8-9,14H,7,10-12H2,1-4H3,(H,17,19). The van der Waals surface area contributed by atoms with E-state index in [0.717, 1.165) is 17.7 Å². The van der Waals surface area contributed by atoms with Crippen molar-refractivity contribution in [3.63, 3.8) is 0 Å². The first kappa shape index (κ1) is 17.3. The third-order valence-electron chi connectivity index (χ3n) is 3.12. The van der Waals surface area contributed by atoms with E-state index in [1.54, 1.807) is 19.1 Å². The highest BCUT2D eigenvalue weighted by molar-refractivity contribution is 5.74. The average Bonchev–Trinajstić information content (AvgIpc) is 2.45. The maximum absolute atomic E-state index is 11.9. The molecule has 5 heteroatoms. The van der Waals surface area contributed by atoms with Crippen LogP contribution < -0.4 is 10.1 Å². The van der Waals surface area contributed by atoms with Gasteiger partial charge in [-0.2, -0.15) is 0 Å². The third kappa shape index (κ3) is 6.49. The lowest BCUT2D eigenvalue weighted by atomic mass is 10.2. The maximum atomic E-state index is 11.9. The SMILES string of the molecule is COCC(C)NC(=O)N(C)CCCOc1ccccc1C. The van der Waals surface area contributed by atoms with Crippen molar-refractivity contribution < 1.29 is 14.3 Å². The first-order valence-electron chi connectivity index (χ1n) is 7.23. The Kier molecular flexibility index (Phi) is 7.61. The molecule has 0 heterocycles. The van der Waals surface area contributed by atoms with Gasteiger partial charge in [0, 0.05) is 20.7 Å². The van der Waals surface area contributed by atoms with Crippen molar-refractivity contribution >= 4 is 6.03 Å².